The summed E-state index contributed by atoms with van der Waals surface area (Å²) in [6.07, 6.45) is 5.01. The third-order valence-corrected chi connectivity index (χ3v) is 5.51. The van der Waals surface area contributed by atoms with E-state index in [0.717, 1.165) is 30.2 Å². The quantitative estimate of drug-likeness (QED) is 0.810. The SMILES string of the molecule is CCC1C=C(NS(C)(=O)=O)C(Sc2ccc(F)cc2F)=CC1C(C)=O. The fourth-order valence-electron chi connectivity index (χ4n) is 2.62. The number of rotatable bonds is 6. The first-order valence-electron chi connectivity index (χ1n) is 7.66. The molecule has 2 atom stereocenters. The van der Waals surface area contributed by atoms with Crippen molar-refractivity contribution < 1.29 is 22.0 Å². The lowest BCUT2D eigenvalue weighted by atomic mass is 9.83. The Bertz CT molecular complexity index is 847. The van der Waals surface area contributed by atoms with E-state index in [1.165, 1.54) is 13.0 Å². The van der Waals surface area contributed by atoms with Crippen LogP contribution >= 0.6 is 11.8 Å². The van der Waals surface area contributed by atoms with Crippen molar-refractivity contribution in [3.63, 3.8) is 0 Å². The van der Waals surface area contributed by atoms with Gasteiger partial charge in [0.25, 0.3) is 0 Å². The fourth-order valence-corrected chi connectivity index (χ4v) is 4.23. The second-order valence-electron chi connectivity index (χ2n) is 5.87. The van der Waals surface area contributed by atoms with Crippen molar-refractivity contribution in [2.24, 2.45) is 11.8 Å². The van der Waals surface area contributed by atoms with Crippen LogP contribution in [0.3, 0.4) is 0 Å². The maximum absolute atomic E-state index is 14.0. The molecule has 0 aliphatic heterocycles. The minimum atomic E-state index is -3.55. The van der Waals surface area contributed by atoms with Gasteiger partial charge in [0.05, 0.1) is 12.0 Å². The maximum Gasteiger partial charge on any atom is 0.229 e. The molecule has 2 unspecified atom stereocenters. The van der Waals surface area contributed by atoms with Gasteiger partial charge in [0.2, 0.25) is 10.0 Å². The average molecular weight is 387 g/mol. The van der Waals surface area contributed by atoms with E-state index < -0.39 is 27.6 Å². The Morgan fingerprint density at radius 1 is 1.28 bits per heavy atom. The normalized spacial score (nSPS) is 20.7. The van der Waals surface area contributed by atoms with Crippen LogP contribution in [0.1, 0.15) is 20.3 Å². The summed E-state index contributed by atoms with van der Waals surface area (Å²) in [5.74, 6) is -2.07. The Morgan fingerprint density at radius 3 is 2.48 bits per heavy atom. The Morgan fingerprint density at radius 2 is 1.96 bits per heavy atom. The van der Waals surface area contributed by atoms with Gasteiger partial charge in [-0.1, -0.05) is 30.8 Å². The number of hydrogen-bond donors (Lipinski definition) is 1. The molecule has 136 valence electrons. The molecule has 0 fully saturated rings. The highest BCUT2D eigenvalue weighted by molar-refractivity contribution is 8.03. The minimum Gasteiger partial charge on any atom is -0.299 e. The van der Waals surface area contributed by atoms with Crippen LogP contribution in [0.15, 0.2) is 45.8 Å². The van der Waals surface area contributed by atoms with Crippen molar-refractivity contribution in [2.75, 3.05) is 6.26 Å². The van der Waals surface area contributed by atoms with Gasteiger partial charge in [-0.15, -0.1) is 0 Å². The molecule has 0 saturated carbocycles. The number of carbonyl (C=O) groups is 1. The summed E-state index contributed by atoms with van der Waals surface area (Å²) in [4.78, 5) is 12.5. The van der Waals surface area contributed by atoms with Gasteiger partial charge < -0.3 is 0 Å². The molecule has 0 radical (unpaired) electrons. The zero-order valence-electron chi connectivity index (χ0n) is 14.0. The van der Waals surface area contributed by atoms with Crippen molar-refractivity contribution in [1.82, 2.24) is 4.72 Å². The van der Waals surface area contributed by atoms with Crippen LogP contribution in [0.2, 0.25) is 0 Å². The van der Waals surface area contributed by atoms with Gasteiger partial charge in [0, 0.05) is 21.8 Å². The molecule has 25 heavy (non-hydrogen) atoms. The number of carbonyl (C=O) groups excluding carboxylic acids is 1. The number of Topliss-reactive ketones (excluding diaryl/α,β-unsaturated/α-hetero) is 1. The van der Waals surface area contributed by atoms with Crippen molar-refractivity contribution in [3.05, 3.63) is 52.6 Å². The van der Waals surface area contributed by atoms with Crippen LogP contribution in [0.4, 0.5) is 8.78 Å². The first kappa shape index (κ1) is 19.7. The topological polar surface area (TPSA) is 63.2 Å². The number of ketones is 1. The first-order valence-corrected chi connectivity index (χ1v) is 10.4. The van der Waals surface area contributed by atoms with E-state index in [0.29, 0.717) is 17.0 Å². The number of thioether (sulfide) groups is 1. The predicted molar refractivity (Wildman–Crippen MR) is 94.3 cm³/mol. The fraction of sp³-hybridized carbons (Fsp3) is 0.353. The number of hydrogen-bond acceptors (Lipinski definition) is 4. The minimum absolute atomic E-state index is 0.0563. The summed E-state index contributed by atoms with van der Waals surface area (Å²) in [5, 5.41) is 0. The molecule has 1 aliphatic carbocycles. The van der Waals surface area contributed by atoms with E-state index in [1.54, 1.807) is 12.2 Å². The molecule has 1 aromatic carbocycles. The number of allylic oxidation sites excluding steroid dienone is 2. The second kappa shape index (κ2) is 7.70. The molecule has 0 aromatic heterocycles. The average Bonchev–Trinajstić information content (AvgIpc) is 2.49. The van der Waals surface area contributed by atoms with Gasteiger partial charge in [0.15, 0.2) is 0 Å². The Balaban J connectivity index is 2.44. The molecule has 8 heteroatoms. The molecule has 1 N–H and O–H groups in total. The van der Waals surface area contributed by atoms with Gasteiger partial charge in [-0.3, -0.25) is 9.52 Å². The maximum atomic E-state index is 14.0. The van der Waals surface area contributed by atoms with Gasteiger partial charge >= 0.3 is 0 Å². The van der Waals surface area contributed by atoms with E-state index in [2.05, 4.69) is 4.72 Å². The standard InChI is InChI=1S/C17H19F2NO3S2/c1-4-11-7-15(20-25(3,22)23)17(9-13(11)10(2)21)24-16-6-5-12(18)8-14(16)19/h5-9,11,13,20H,4H2,1-3H3. The van der Waals surface area contributed by atoms with Crippen LogP contribution in [0.25, 0.3) is 0 Å². The zero-order valence-corrected chi connectivity index (χ0v) is 15.7. The van der Waals surface area contributed by atoms with Crippen LogP contribution in [-0.4, -0.2) is 20.5 Å². The zero-order chi connectivity index (χ0) is 18.8. The van der Waals surface area contributed by atoms with Crippen LogP contribution in [0, 0.1) is 23.5 Å². The molecule has 0 saturated heterocycles. The highest BCUT2D eigenvalue weighted by Gasteiger charge is 2.28. The number of sulfonamides is 1. The molecule has 0 bridgehead atoms. The van der Waals surface area contributed by atoms with Gasteiger partial charge in [-0.05, 0) is 31.4 Å². The lowest BCUT2D eigenvalue weighted by molar-refractivity contribution is -0.120. The third-order valence-electron chi connectivity index (χ3n) is 3.79. The Hall–Kier alpha value is -1.67. The Kier molecular flexibility index (Phi) is 6.05. The molecule has 2 rings (SSSR count). The third kappa shape index (κ3) is 5.15. The summed E-state index contributed by atoms with van der Waals surface area (Å²) < 4.78 is 52.7. The summed E-state index contributed by atoms with van der Waals surface area (Å²) in [6.45, 7) is 3.37. The first-order chi connectivity index (χ1) is 11.6. The van der Waals surface area contributed by atoms with E-state index >= 15 is 0 Å². The summed E-state index contributed by atoms with van der Waals surface area (Å²) in [7, 11) is -3.55. The molecular weight excluding hydrogens is 368 g/mol. The van der Waals surface area contributed by atoms with Crippen LogP contribution < -0.4 is 4.72 Å². The van der Waals surface area contributed by atoms with Crippen LogP contribution in [-0.2, 0) is 14.8 Å². The van der Waals surface area contributed by atoms with Crippen molar-refractivity contribution in [2.45, 2.75) is 25.2 Å². The van der Waals surface area contributed by atoms with Gasteiger partial charge in [-0.25, -0.2) is 17.2 Å². The number of benzene rings is 1. The summed E-state index contributed by atoms with van der Waals surface area (Å²) in [6, 6.07) is 3.17. The lowest BCUT2D eigenvalue weighted by Gasteiger charge is -2.27. The molecular formula is C17H19F2NO3S2. The monoisotopic (exact) mass is 387 g/mol. The lowest BCUT2D eigenvalue weighted by Crippen LogP contribution is -2.28. The number of nitrogens with one attached hydrogen (secondary N) is 1. The van der Waals surface area contributed by atoms with Crippen molar-refractivity contribution in [1.29, 1.82) is 0 Å². The van der Waals surface area contributed by atoms with Gasteiger partial charge in [-0.2, -0.15) is 0 Å². The molecule has 0 amide bonds. The molecule has 1 aliphatic rings. The van der Waals surface area contributed by atoms with Gasteiger partial charge in [0.1, 0.15) is 17.4 Å². The second-order valence-corrected chi connectivity index (χ2v) is 8.70. The van der Waals surface area contributed by atoms with Crippen molar-refractivity contribution in [3.8, 4) is 0 Å². The molecule has 0 heterocycles. The van der Waals surface area contributed by atoms with E-state index in [1.807, 2.05) is 6.92 Å². The summed E-state index contributed by atoms with van der Waals surface area (Å²) in [5.41, 5.74) is 0.306. The molecule has 0 spiro atoms. The smallest absolute Gasteiger partial charge is 0.229 e. The number of halogens is 2. The van der Waals surface area contributed by atoms with E-state index in [4.69, 9.17) is 0 Å². The summed E-state index contributed by atoms with van der Waals surface area (Å²) >= 11 is 0.954. The Labute approximate surface area is 150 Å². The van der Waals surface area contributed by atoms with Crippen molar-refractivity contribution >= 4 is 27.6 Å². The predicted octanol–water partition coefficient (Wildman–Crippen LogP) is 3.62. The molecule has 1 aromatic rings. The highest BCUT2D eigenvalue weighted by Crippen LogP contribution is 2.39. The van der Waals surface area contributed by atoms with E-state index in [9.17, 15) is 22.0 Å². The largest absolute Gasteiger partial charge is 0.299 e. The van der Waals surface area contributed by atoms with Crippen LogP contribution in [0.5, 0.6) is 0 Å². The highest BCUT2D eigenvalue weighted by atomic mass is 32.2. The molecule has 4 nitrogen and oxygen atoms in total. The van der Waals surface area contributed by atoms with E-state index in [-0.39, 0.29) is 16.6 Å².